The first-order valence-corrected chi connectivity index (χ1v) is 9.01. The van der Waals surface area contributed by atoms with Gasteiger partial charge in [0, 0.05) is 12.3 Å². The number of thioether (sulfide) groups is 1. The molecule has 7 heteroatoms. The Hall–Kier alpha value is -0.560. The standard InChI is InChI=1S/C14H16ClFN2OS2/c15-10-7-13(21-18-14-17-5-6-20-14)11(16)8-12(10)19-9-3-1-2-4-9/h5-9,14,17-18H,1-4H2. The number of ether oxygens (including phenoxy) is 1. The SMILES string of the molecule is Fc1cc(OC2CCCC2)c(Cl)cc1SNC1NC=CS1. The Labute approximate surface area is 137 Å². The minimum atomic E-state index is -0.319. The van der Waals surface area contributed by atoms with Gasteiger partial charge in [-0.05, 0) is 49.1 Å². The van der Waals surface area contributed by atoms with Crippen molar-refractivity contribution < 1.29 is 9.13 Å². The Kier molecular flexibility index (Phi) is 5.21. The van der Waals surface area contributed by atoms with Crippen LogP contribution in [0.25, 0.3) is 0 Å². The smallest absolute Gasteiger partial charge is 0.141 e. The van der Waals surface area contributed by atoms with Crippen molar-refractivity contribution in [2.45, 2.75) is 42.2 Å². The van der Waals surface area contributed by atoms with Crippen LogP contribution < -0.4 is 14.8 Å². The summed E-state index contributed by atoms with van der Waals surface area (Å²) in [6.45, 7) is 0. The molecule has 1 aliphatic heterocycles. The number of halogens is 2. The van der Waals surface area contributed by atoms with Gasteiger partial charge in [0.2, 0.25) is 0 Å². The lowest BCUT2D eigenvalue weighted by Crippen LogP contribution is -2.28. The van der Waals surface area contributed by atoms with Gasteiger partial charge in [-0.1, -0.05) is 23.4 Å². The largest absolute Gasteiger partial charge is 0.489 e. The van der Waals surface area contributed by atoms with Gasteiger partial charge in [-0.2, -0.15) is 0 Å². The number of nitrogens with one attached hydrogen (secondary N) is 2. The summed E-state index contributed by atoms with van der Waals surface area (Å²) in [6, 6.07) is 3.00. The lowest BCUT2D eigenvalue weighted by Gasteiger charge is -2.16. The molecule has 0 saturated heterocycles. The normalized spacial score (nSPS) is 21.7. The quantitative estimate of drug-likeness (QED) is 0.768. The fourth-order valence-electron chi connectivity index (χ4n) is 2.33. The van der Waals surface area contributed by atoms with Gasteiger partial charge >= 0.3 is 0 Å². The van der Waals surface area contributed by atoms with Crippen LogP contribution in [0.5, 0.6) is 5.75 Å². The third-order valence-corrected chi connectivity index (χ3v) is 5.54. The summed E-state index contributed by atoms with van der Waals surface area (Å²) >= 11 is 9.02. The lowest BCUT2D eigenvalue weighted by atomic mass is 10.3. The van der Waals surface area contributed by atoms with Crippen molar-refractivity contribution in [3.05, 3.63) is 34.6 Å². The van der Waals surface area contributed by atoms with Crippen LogP contribution in [0.15, 0.2) is 28.6 Å². The molecule has 0 radical (unpaired) electrons. The molecule has 1 atom stereocenters. The highest BCUT2D eigenvalue weighted by molar-refractivity contribution is 8.04. The number of benzene rings is 1. The molecule has 3 rings (SSSR count). The van der Waals surface area contributed by atoms with Crippen LogP contribution in [-0.4, -0.2) is 11.6 Å². The van der Waals surface area contributed by atoms with Crippen molar-refractivity contribution in [2.24, 2.45) is 0 Å². The van der Waals surface area contributed by atoms with Gasteiger partial charge in [-0.3, -0.25) is 0 Å². The summed E-state index contributed by atoms with van der Waals surface area (Å²) in [4.78, 5) is 0.466. The highest BCUT2D eigenvalue weighted by Gasteiger charge is 2.19. The lowest BCUT2D eigenvalue weighted by molar-refractivity contribution is 0.209. The van der Waals surface area contributed by atoms with Crippen molar-refractivity contribution in [2.75, 3.05) is 0 Å². The van der Waals surface area contributed by atoms with E-state index in [2.05, 4.69) is 10.0 Å². The molecule has 0 amide bonds. The Bertz CT molecular complexity index is 530. The van der Waals surface area contributed by atoms with Crippen LogP contribution in [0.2, 0.25) is 5.02 Å². The highest BCUT2D eigenvalue weighted by atomic mass is 35.5. The summed E-state index contributed by atoms with van der Waals surface area (Å²) in [5.41, 5.74) is 0.0441. The molecule has 0 aromatic heterocycles. The third kappa shape index (κ3) is 4.00. The molecule has 1 aliphatic carbocycles. The van der Waals surface area contributed by atoms with E-state index >= 15 is 0 Å². The van der Waals surface area contributed by atoms with Crippen LogP contribution in [0.3, 0.4) is 0 Å². The van der Waals surface area contributed by atoms with Crippen molar-refractivity contribution in [3.63, 3.8) is 0 Å². The van der Waals surface area contributed by atoms with Crippen molar-refractivity contribution in [3.8, 4) is 5.75 Å². The molecule has 1 heterocycles. The van der Waals surface area contributed by atoms with E-state index in [0.717, 1.165) is 12.8 Å². The van der Waals surface area contributed by atoms with Gasteiger partial charge in [0.05, 0.1) is 16.0 Å². The Balaban J connectivity index is 1.63. The number of hydrogen-bond acceptors (Lipinski definition) is 5. The predicted molar refractivity (Wildman–Crippen MR) is 86.9 cm³/mol. The van der Waals surface area contributed by atoms with E-state index in [0.29, 0.717) is 15.7 Å². The second-order valence-electron chi connectivity index (χ2n) is 4.94. The van der Waals surface area contributed by atoms with Crippen LogP contribution >= 0.6 is 35.3 Å². The van der Waals surface area contributed by atoms with Crippen molar-refractivity contribution >= 4 is 35.3 Å². The summed E-state index contributed by atoms with van der Waals surface area (Å²) in [5.74, 6) is 0.126. The molecule has 1 aromatic rings. The van der Waals surface area contributed by atoms with Gasteiger partial charge in [-0.15, -0.1) is 0 Å². The maximum absolute atomic E-state index is 14.1. The fraction of sp³-hybridized carbons (Fsp3) is 0.429. The maximum Gasteiger partial charge on any atom is 0.141 e. The van der Waals surface area contributed by atoms with Gasteiger partial charge in [0.25, 0.3) is 0 Å². The molecule has 1 saturated carbocycles. The third-order valence-electron chi connectivity index (χ3n) is 3.39. The van der Waals surface area contributed by atoms with Gasteiger partial charge in [-0.25, -0.2) is 9.11 Å². The molecule has 1 unspecified atom stereocenters. The van der Waals surface area contributed by atoms with Gasteiger partial charge in [0.1, 0.15) is 17.1 Å². The van der Waals surface area contributed by atoms with E-state index in [1.54, 1.807) is 17.8 Å². The second-order valence-corrected chi connectivity index (χ2v) is 7.25. The van der Waals surface area contributed by atoms with E-state index in [4.69, 9.17) is 16.3 Å². The van der Waals surface area contributed by atoms with E-state index in [1.165, 1.54) is 30.9 Å². The molecule has 3 nitrogen and oxygen atoms in total. The number of hydrogen-bond donors (Lipinski definition) is 2. The summed E-state index contributed by atoms with van der Waals surface area (Å²) in [7, 11) is 0. The molecular weight excluding hydrogens is 331 g/mol. The Morgan fingerprint density at radius 2 is 2.19 bits per heavy atom. The Morgan fingerprint density at radius 3 is 2.90 bits per heavy atom. The van der Waals surface area contributed by atoms with Crippen molar-refractivity contribution in [1.82, 2.24) is 10.0 Å². The zero-order valence-electron chi connectivity index (χ0n) is 11.3. The minimum absolute atomic E-state index is 0.0441. The Morgan fingerprint density at radius 1 is 1.38 bits per heavy atom. The zero-order valence-corrected chi connectivity index (χ0v) is 13.7. The fourth-order valence-corrected chi connectivity index (χ4v) is 4.07. The second kappa shape index (κ2) is 7.13. The molecule has 0 spiro atoms. The molecule has 0 bridgehead atoms. The van der Waals surface area contributed by atoms with Gasteiger partial charge in [0.15, 0.2) is 0 Å². The van der Waals surface area contributed by atoms with Crippen LogP contribution in [0.1, 0.15) is 25.7 Å². The summed E-state index contributed by atoms with van der Waals surface area (Å²) < 4.78 is 23.1. The minimum Gasteiger partial charge on any atom is -0.489 e. The first kappa shape index (κ1) is 15.3. The molecule has 21 heavy (non-hydrogen) atoms. The van der Waals surface area contributed by atoms with Gasteiger partial charge < -0.3 is 10.1 Å². The zero-order chi connectivity index (χ0) is 14.7. The highest BCUT2D eigenvalue weighted by Crippen LogP contribution is 2.34. The molecule has 2 aliphatic rings. The van der Waals surface area contributed by atoms with E-state index in [1.807, 2.05) is 11.6 Å². The van der Waals surface area contributed by atoms with E-state index < -0.39 is 0 Å². The summed E-state index contributed by atoms with van der Waals surface area (Å²) in [6.07, 6.45) is 6.40. The topological polar surface area (TPSA) is 33.3 Å². The van der Waals surface area contributed by atoms with Crippen molar-refractivity contribution in [1.29, 1.82) is 0 Å². The molecule has 1 aromatic carbocycles. The van der Waals surface area contributed by atoms with Crippen LogP contribution in [0, 0.1) is 5.82 Å². The molecule has 2 N–H and O–H groups in total. The van der Waals surface area contributed by atoms with Crippen LogP contribution in [-0.2, 0) is 0 Å². The number of rotatable bonds is 5. The first-order chi connectivity index (χ1) is 10.2. The average molecular weight is 347 g/mol. The monoisotopic (exact) mass is 346 g/mol. The van der Waals surface area contributed by atoms with E-state index in [-0.39, 0.29) is 17.4 Å². The molecule has 114 valence electrons. The van der Waals surface area contributed by atoms with Crippen LogP contribution in [0.4, 0.5) is 4.39 Å². The predicted octanol–water partition coefficient (Wildman–Crippen LogP) is 4.49. The van der Waals surface area contributed by atoms with E-state index in [9.17, 15) is 4.39 Å². The summed E-state index contributed by atoms with van der Waals surface area (Å²) in [5, 5.41) is 5.49. The average Bonchev–Trinajstić information content (AvgIpc) is 3.14. The maximum atomic E-state index is 14.1. The molecular formula is C14H16ClFN2OS2. The molecule has 1 fully saturated rings. The first-order valence-electron chi connectivity index (χ1n) is 6.87.